The van der Waals surface area contributed by atoms with E-state index in [-0.39, 0.29) is 0 Å². The molecule has 0 unspecified atom stereocenters. The third-order valence-corrected chi connectivity index (χ3v) is 4.19. The van der Waals surface area contributed by atoms with Gasteiger partial charge in [-0.15, -0.1) is 0 Å². The molecule has 2 heterocycles. The number of nitrogens with zero attached hydrogens (tertiary/aromatic N) is 3. The Morgan fingerprint density at radius 1 is 1.19 bits per heavy atom. The monoisotopic (exact) mass is 298 g/mol. The van der Waals surface area contributed by atoms with Crippen LogP contribution in [-0.4, -0.2) is 14.8 Å². The van der Waals surface area contributed by atoms with Gasteiger partial charge in [-0.05, 0) is 40.4 Å². The zero-order chi connectivity index (χ0) is 14.5. The summed E-state index contributed by atoms with van der Waals surface area (Å²) in [7, 11) is 0. The van der Waals surface area contributed by atoms with Gasteiger partial charge in [0, 0.05) is 12.6 Å². The van der Waals surface area contributed by atoms with E-state index in [1.165, 1.54) is 16.7 Å². The van der Waals surface area contributed by atoms with Gasteiger partial charge in [0.2, 0.25) is 0 Å². The van der Waals surface area contributed by atoms with Crippen molar-refractivity contribution in [1.82, 2.24) is 20.1 Å². The van der Waals surface area contributed by atoms with Gasteiger partial charge in [0.15, 0.2) is 0 Å². The standard InChI is InChI=1S/C16H18N4S/c1-13(16-6-7-21-10-16)18-8-14-2-4-15(5-3-14)9-20-12-17-11-19-20/h2-7,10-13,18H,8-9H2,1H3/t13-/m1/s1. The van der Waals surface area contributed by atoms with Crippen LogP contribution >= 0.6 is 11.3 Å². The maximum Gasteiger partial charge on any atom is 0.137 e. The van der Waals surface area contributed by atoms with E-state index < -0.39 is 0 Å². The number of nitrogens with one attached hydrogen (secondary N) is 1. The Balaban J connectivity index is 1.55. The van der Waals surface area contributed by atoms with Crippen molar-refractivity contribution in [3.8, 4) is 0 Å². The molecule has 1 aromatic carbocycles. The summed E-state index contributed by atoms with van der Waals surface area (Å²) in [6, 6.07) is 11.2. The lowest BCUT2D eigenvalue weighted by Gasteiger charge is -2.12. The fourth-order valence-corrected chi connectivity index (χ4v) is 2.93. The van der Waals surface area contributed by atoms with Gasteiger partial charge in [-0.2, -0.15) is 16.4 Å². The summed E-state index contributed by atoms with van der Waals surface area (Å²) in [5.41, 5.74) is 3.87. The van der Waals surface area contributed by atoms with Crippen LogP contribution in [-0.2, 0) is 13.1 Å². The molecule has 0 saturated heterocycles. The van der Waals surface area contributed by atoms with Crippen LogP contribution in [0.3, 0.4) is 0 Å². The number of hydrogen-bond donors (Lipinski definition) is 1. The van der Waals surface area contributed by atoms with E-state index >= 15 is 0 Å². The number of hydrogen-bond acceptors (Lipinski definition) is 4. The fourth-order valence-electron chi connectivity index (χ4n) is 2.17. The highest BCUT2D eigenvalue weighted by Crippen LogP contribution is 2.16. The minimum Gasteiger partial charge on any atom is -0.306 e. The van der Waals surface area contributed by atoms with Crippen molar-refractivity contribution in [3.63, 3.8) is 0 Å². The van der Waals surface area contributed by atoms with Gasteiger partial charge in [0.05, 0.1) is 6.54 Å². The highest BCUT2D eigenvalue weighted by Gasteiger charge is 2.05. The normalized spacial score (nSPS) is 12.4. The van der Waals surface area contributed by atoms with E-state index in [2.05, 4.69) is 63.4 Å². The molecule has 0 aliphatic carbocycles. The zero-order valence-electron chi connectivity index (χ0n) is 11.9. The largest absolute Gasteiger partial charge is 0.306 e. The summed E-state index contributed by atoms with van der Waals surface area (Å²) < 4.78 is 1.83. The van der Waals surface area contributed by atoms with E-state index in [1.54, 1.807) is 24.0 Å². The Hall–Kier alpha value is -1.98. The summed E-state index contributed by atoms with van der Waals surface area (Å²) in [6.45, 7) is 3.83. The smallest absolute Gasteiger partial charge is 0.137 e. The first-order chi connectivity index (χ1) is 10.3. The maximum atomic E-state index is 4.12. The molecule has 1 N–H and O–H groups in total. The highest BCUT2D eigenvalue weighted by atomic mass is 32.1. The first kappa shape index (κ1) is 14.0. The second-order valence-electron chi connectivity index (χ2n) is 5.07. The van der Waals surface area contributed by atoms with Crippen molar-refractivity contribution in [2.24, 2.45) is 0 Å². The van der Waals surface area contributed by atoms with E-state index in [1.807, 2.05) is 4.68 Å². The SMILES string of the molecule is C[C@@H](NCc1ccc(Cn2cncn2)cc1)c1ccsc1. The summed E-state index contributed by atoms with van der Waals surface area (Å²) in [5.74, 6) is 0. The molecule has 0 amide bonds. The second kappa shape index (κ2) is 6.65. The molecule has 1 atom stereocenters. The van der Waals surface area contributed by atoms with Crippen molar-refractivity contribution in [1.29, 1.82) is 0 Å². The molecule has 0 radical (unpaired) electrons. The number of aromatic nitrogens is 3. The number of benzene rings is 1. The number of thiophene rings is 1. The van der Waals surface area contributed by atoms with Crippen LogP contribution in [0.5, 0.6) is 0 Å². The van der Waals surface area contributed by atoms with Gasteiger partial charge in [0.1, 0.15) is 12.7 Å². The van der Waals surface area contributed by atoms with E-state index in [9.17, 15) is 0 Å². The molecule has 108 valence electrons. The Bertz CT molecular complexity index is 644. The van der Waals surface area contributed by atoms with Gasteiger partial charge in [-0.25, -0.2) is 9.67 Å². The molecule has 0 spiro atoms. The summed E-state index contributed by atoms with van der Waals surface area (Å²) in [5, 5.41) is 12.0. The third kappa shape index (κ3) is 3.77. The van der Waals surface area contributed by atoms with Crippen LogP contribution in [0.1, 0.15) is 29.7 Å². The van der Waals surface area contributed by atoms with Gasteiger partial charge < -0.3 is 5.32 Å². The summed E-state index contributed by atoms with van der Waals surface area (Å²) in [4.78, 5) is 3.95. The van der Waals surface area contributed by atoms with Gasteiger partial charge in [-0.3, -0.25) is 0 Å². The molecule has 0 bridgehead atoms. The van der Waals surface area contributed by atoms with Crippen molar-refractivity contribution in [2.45, 2.75) is 26.1 Å². The fraction of sp³-hybridized carbons (Fsp3) is 0.250. The molecule has 21 heavy (non-hydrogen) atoms. The minimum absolute atomic E-state index is 0.381. The average Bonchev–Trinajstić information content (AvgIpc) is 3.19. The van der Waals surface area contributed by atoms with Crippen molar-refractivity contribution in [3.05, 3.63) is 70.4 Å². The second-order valence-corrected chi connectivity index (χ2v) is 5.85. The maximum absolute atomic E-state index is 4.12. The molecule has 0 fully saturated rings. The molecule has 0 saturated carbocycles. The summed E-state index contributed by atoms with van der Waals surface area (Å²) in [6.07, 6.45) is 3.29. The first-order valence-corrected chi connectivity index (χ1v) is 7.91. The van der Waals surface area contributed by atoms with Crippen molar-refractivity contribution >= 4 is 11.3 Å². The van der Waals surface area contributed by atoms with Crippen LogP contribution in [0, 0.1) is 0 Å². The Kier molecular flexibility index (Phi) is 4.43. The van der Waals surface area contributed by atoms with Gasteiger partial charge >= 0.3 is 0 Å². The van der Waals surface area contributed by atoms with Crippen LogP contribution < -0.4 is 5.32 Å². The lowest BCUT2D eigenvalue weighted by Crippen LogP contribution is -2.17. The molecular formula is C16H18N4S. The molecule has 4 nitrogen and oxygen atoms in total. The molecule has 5 heteroatoms. The summed E-state index contributed by atoms with van der Waals surface area (Å²) >= 11 is 1.74. The molecule has 3 aromatic rings. The lowest BCUT2D eigenvalue weighted by molar-refractivity contribution is 0.576. The average molecular weight is 298 g/mol. The van der Waals surface area contributed by atoms with Gasteiger partial charge in [0.25, 0.3) is 0 Å². The van der Waals surface area contributed by atoms with Crippen LogP contribution in [0.4, 0.5) is 0 Å². The van der Waals surface area contributed by atoms with Crippen LogP contribution in [0.25, 0.3) is 0 Å². The van der Waals surface area contributed by atoms with E-state index in [4.69, 9.17) is 0 Å². The number of rotatable bonds is 6. The predicted octanol–water partition coefficient (Wildman–Crippen LogP) is 3.24. The van der Waals surface area contributed by atoms with Crippen molar-refractivity contribution < 1.29 is 0 Å². The molecule has 2 aromatic heterocycles. The van der Waals surface area contributed by atoms with E-state index in [0.717, 1.165) is 13.1 Å². The zero-order valence-corrected chi connectivity index (χ0v) is 12.8. The van der Waals surface area contributed by atoms with Crippen LogP contribution in [0.2, 0.25) is 0 Å². The Labute approximate surface area is 128 Å². The molecule has 0 aliphatic rings. The Morgan fingerprint density at radius 2 is 2.00 bits per heavy atom. The lowest BCUT2D eigenvalue weighted by atomic mass is 10.1. The van der Waals surface area contributed by atoms with Crippen LogP contribution in [0.15, 0.2) is 53.7 Å². The first-order valence-electron chi connectivity index (χ1n) is 6.97. The highest BCUT2D eigenvalue weighted by molar-refractivity contribution is 7.07. The predicted molar refractivity (Wildman–Crippen MR) is 85.1 cm³/mol. The van der Waals surface area contributed by atoms with Crippen molar-refractivity contribution in [2.75, 3.05) is 0 Å². The Morgan fingerprint density at radius 3 is 2.67 bits per heavy atom. The molecular weight excluding hydrogens is 280 g/mol. The molecule has 0 aliphatic heterocycles. The third-order valence-electron chi connectivity index (χ3n) is 3.49. The quantitative estimate of drug-likeness (QED) is 0.759. The topological polar surface area (TPSA) is 42.7 Å². The minimum atomic E-state index is 0.381. The van der Waals surface area contributed by atoms with Gasteiger partial charge in [-0.1, -0.05) is 24.3 Å². The molecule has 3 rings (SSSR count). The van der Waals surface area contributed by atoms with E-state index in [0.29, 0.717) is 6.04 Å².